The van der Waals surface area contributed by atoms with E-state index < -0.39 is 21.5 Å². The Hall–Kier alpha value is 0.870. The first-order chi connectivity index (χ1) is 12.9. The Balaban J connectivity index is 0. The SMILES string of the molecule is CCCCCCCCCCCCCCC(O)CCC(CCCC)S(=O)(=O)[O-].[Na+]. The van der Waals surface area contributed by atoms with Crippen molar-refractivity contribution in [3.8, 4) is 0 Å². The van der Waals surface area contributed by atoms with Crippen LogP contribution in [0.3, 0.4) is 0 Å². The standard InChI is InChI=1S/C22H46O4S.Na/c1-3-5-7-8-9-10-11-12-13-14-15-16-17-21(23)19-20-22(18-6-4-2)27(24,25)26;/h21-23H,3-20H2,1-2H3,(H,24,25,26);/q;+1/p-1. The summed E-state index contributed by atoms with van der Waals surface area (Å²) in [5.74, 6) is 0. The third-order valence-corrected chi connectivity index (χ3v) is 6.79. The van der Waals surface area contributed by atoms with Crippen LogP contribution in [0.2, 0.25) is 0 Å². The summed E-state index contributed by atoms with van der Waals surface area (Å²) in [5.41, 5.74) is 0. The van der Waals surface area contributed by atoms with Gasteiger partial charge in [0.2, 0.25) is 0 Å². The molecule has 0 amide bonds. The maximum absolute atomic E-state index is 11.3. The monoisotopic (exact) mass is 428 g/mol. The van der Waals surface area contributed by atoms with Crippen molar-refractivity contribution in [1.82, 2.24) is 0 Å². The summed E-state index contributed by atoms with van der Waals surface area (Å²) in [6.07, 6.45) is 18.5. The van der Waals surface area contributed by atoms with Crippen molar-refractivity contribution in [3.63, 3.8) is 0 Å². The van der Waals surface area contributed by atoms with Crippen LogP contribution in [0.15, 0.2) is 0 Å². The van der Waals surface area contributed by atoms with Crippen LogP contribution in [0.25, 0.3) is 0 Å². The molecular formula is C22H45NaO4S. The molecule has 0 saturated carbocycles. The van der Waals surface area contributed by atoms with Crippen LogP contribution < -0.4 is 29.6 Å². The maximum Gasteiger partial charge on any atom is 1.00 e. The first-order valence-corrected chi connectivity index (χ1v) is 13.0. The molecule has 0 bridgehead atoms. The summed E-state index contributed by atoms with van der Waals surface area (Å²) in [6.45, 7) is 4.23. The second-order valence-corrected chi connectivity index (χ2v) is 9.82. The molecule has 0 aliphatic carbocycles. The fourth-order valence-corrected chi connectivity index (χ4v) is 4.49. The summed E-state index contributed by atoms with van der Waals surface area (Å²) in [7, 11) is -4.24. The normalized spacial score (nSPS) is 13.9. The molecule has 0 rings (SSSR count). The second kappa shape index (κ2) is 21.1. The average Bonchev–Trinajstić information content (AvgIpc) is 2.61. The van der Waals surface area contributed by atoms with Crippen molar-refractivity contribution in [2.24, 2.45) is 0 Å². The van der Waals surface area contributed by atoms with E-state index in [0.717, 1.165) is 32.1 Å². The van der Waals surface area contributed by atoms with Crippen molar-refractivity contribution in [2.45, 2.75) is 141 Å². The van der Waals surface area contributed by atoms with E-state index in [2.05, 4.69) is 6.92 Å². The molecule has 0 radical (unpaired) electrons. The van der Waals surface area contributed by atoms with E-state index in [1.807, 2.05) is 6.92 Å². The molecule has 0 heterocycles. The fraction of sp³-hybridized carbons (Fsp3) is 1.00. The third-order valence-electron chi connectivity index (χ3n) is 5.50. The maximum atomic E-state index is 11.3. The van der Waals surface area contributed by atoms with Gasteiger partial charge >= 0.3 is 29.6 Å². The van der Waals surface area contributed by atoms with E-state index in [4.69, 9.17) is 0 Å². The van der Waals surface area contributed by atoms with Crippen molar-refractivity contribution in [2.75, 3.05) is 0 Å². The van der Waals surface area contributed by atoms with Crippen LogP contribution in [0.1, 0.15) is 129 Å². The average molecular weight is 429 g/mol. The molecule has 0 spiro atoms. The molecule has 0 aromatic heterocycles. The molecule has 0 aromatic rings. The Labute approximate surface area is 197 Å². The summed E-state index contributed by atoms with van der Waals surface area (Å²) in [4.78, 5) is 0. The van der Waals surface area contributed by atoms with Crippen LogP contribution in [0.5, 0.6) is 0 Å². The molecule has 2 atom stereocenters. The van der Waals surface area contributed by atoms with Crippen LogP contribution in [0.4, 0.5) is 0 Å². The molecule has 0 aliphatic heterocycles. The summed E-state index contributed by atoms with van der Waals surface area (Å²) >= 11 is 0. The molecule has 2 unspecified atom stereocenters. The molecule has 0 aromatic carbocycles. The van der Waals surface area contributed by atoms with E-state index in [1.165, 1.54) is 64.2 Å². The summed E-state index contributed by atoms with van der Waals surface area (Å²) in [6, 6.07) is 0. The molecule has 0 aliphatic rings. The number of hydrogen-bond donors (Lipinski definition) is 1. The van der Waals surface area contributed by atoms with Gasteiger partial charge in [0.25, 0.3) is 0 Å². The molecule has 0 fully saturated rings. The second-order valence-electron chi connectivity index (χ2n) is 8.17. The van der Waals surface area contributed by atoms with Crippen molar-refractivity contribution >= 4 is 10.1 Å². The zero-order valence-electron chi connectivity index (χ0n) is 19.0. The largest absolute Gasteiger partial charge is 1.00 e. The molecule has 0 saturated heterocycles. The number of hydrogen-bond acceptors (Lipinski definition) is 4. The van der Waals surface area contributed by atoms with E-state index >= 15 is 0 Å². The van der Waals surface area contributed by atoms with Gasteiger partial charge in [0.05, 0.1) is 16.2 Å². The van der Waals surface area contributed by atoms with Crippen LogP contribution in [-0.4, -0.2) is 29.4 Å². The fourth-order valence-electron chi connectivity index (χ4n) is 3.61. The van der Waals surface area contributed by atoms with Gasteiger partial charge in [0.15, 0.2) is 0 Å². The Kier molecular flexibility index (Phi) is 23.4. The quantitative estimate of drug-likeness (QED) is 0.183. The third kappa shape index (κ3) is 20.2. The van der Waals surface area contributed by atoms with Gasteiger partial charge < -0.3 is 9.66 Å². The minimum absolute atomic E-state index is 0. The van der Waals surface area contributed by atoms with E-state index in [-0.39, 0.29) is 29.6 Å². The molecule has 6 heteroatoms. The number of aliphatic hydroxyl groups excluding tert-OH is 1. The van der Waals surface area contributed by atoms with Gasteiger partial charge in [-0.15, -0.1) is 0 Å². The van der Waals surface area contributed by atoms with Crippen LogP contribution in [0, 0.1) is 0 Å². The summed E-state index contributed by atoms with van der Waals surface area (Å²) in [5, 5.41) is 9.23. The Bertz CT molecular complexity index is 415. The number of unbranched alkanes of at least 4 members (excludes halogenated alkanes) is 12. The molecular weight excluding hydrogens is 383 g/mol. The predicted molar refractivity (Wildman–Crippen MR) is 114 cm³/mol. The Morgan fingerprint density at radius 1 is 0.643 bits per heavy atom. The first kappa shape index (κ1) is 31.1. The van der Waals surface area contributed by atoms with Crippen LogP contribution >= 0.6 is 0 Å². The van der Waals surface area contributed by atoms with Gasteiger partial charge in [-0.2, -0.15) is 0 Å². The zero-order valence-corrected chi connectivity index (χ0v) is 21.8. The molecule has 1 N–H and O–H groups in total. The molecule has 164 valence electrons. The van der Waals surface area contributed by atoms with Gasteiger partial charge in [-0.3, -0.25) is 0 Å². The number of aliphatic hydroxyl groups is 1. The number of rotatable bonds is 20. The van der Waals surface area contributed by atoms with Crippen molar-refractivity contribution in [1.29, 1.82) is 0 Å². The van der Waals surface area contributed by atoms with Gasteiger partial charge in [-0.25, -0.2) is 8.42 Å². The van der Waals surface area contributed by atoms with Gasteiger partial charge in [-0.05, 0) is 25.7 Å². The van der Waals surface area contributed by atoms with Crippen molar-refractivity contribution in [3.05, 3.63) is 0 Å². The topological polar surface area (TPSA) is 77.4 Å². The Morgan fingerprint density at radius 2 is 1.07 bits per heavy atom. The van der Waals surface area contributed by atoms with Crippen LogP contribution in [-0.2, 0) is 10.1 Å². The zero-order chi connectivity index (χ0) is 20.4. The molecule has 28 heavy (non-hydrogen) atoms. The van der Waals surface area contributed by atoms with E-state index in [9.17, 15) is 18.1 Å². The van der Waals surface area contributed by atoms with Gasteiger partial charge in [0, 0.05) is 5.25 Å². The Morgan fingerprint density at radius 3 is 1.50 bits per heavy atom. The smallest absolute Gasteiger partial charge is 0.748 e. The first-order valence-electron chi connectivity index (χ1n) is 11.5. The molecule has 4 nitrogen and oxygen atoms in total. The van der Waals surface area contributed by atoms with Gasteiger partial charge in [-0.1, -0.05) is 104 Å². The summed E-state index contributed by atoms with van der Waals surface area (Å²) < 4.78 is 33.9. The van der Waals surface area contributed by atoms with E-state index in [1.54, 1.807) is 0 Å². The van der Waals surface area contributed by atoms with Crippen molar-refractivity contribution < 1.29 is 47.6 Å². The minimum atomic E-state index is -4.24. The minimum Gasteiger partial charge on any atom is -0.748 e. The van der Waals surface area contributed by atoms with Gasteiger partial charge in [0.1, 0.15) is 0 Å². The predicted octanol–water partition coefficient (Wildman–Crippen LogP) is 3.33. The van der Waals surface area contributed by atoms with E-state index in [0.29, 0.717) is 19.3 Å².